The number of sulfonamides is 1. The lowest BCUT2D eigenvalue weighted by Gasteiger charge is -2.22. The summed E-state index contributed by atoms with van der Waals surface area (Å²) in [6.07, 6.45) is 0. The van der Waals surface area contributed by atoms with E-state index in [0.29, 0.717) is 47.0 Å². The molecule has 0 aliphatic carbocycles. The zero-order valence-electron chi connectivity index (χ0n) is 23.2. The summed E-state index contributed by atoms with van der Waals surface area (Å²) in [6.45, 7) is 2.70. The van der Waals surface area contributed by atoms with Crippen molar-refractivity contribution in [2.75, 3.05) is 40.4 Å². The summed E-state index contributed by atoms with van der Waals surface area (Å²) < 4.78 is 29.1. The number of carbonyl (C=O) groups is 2. The molecule has 0 saturated heterocycles. The summed E-state index contributed by atoms with van der Waals surface area (Å²) in [4.78, 5) is 27.3. The van der Waals surface area contributed by atoms with Gasteiger partial charge in [-0.05, 0) is 67.2 Å². The molecule has 5 rings (SSSR count). The maximum Gasteiger partial charge on any atom is 0.261 e. The van der Waals surface area contributed by atoms with Gasteiger partial charge < -0.3 is 20.9 Å². The number of para-hydroxylation sites is 1. The van der Waals surface area contributed by atoms with Crippen molar-refractivity contribution in [1.82, 2.24) is 5.32 Å². The van der Waals surface area contributed by atoms with Gasteiger partial charge in [-0.15, -0.1) is 0 Å². The van der Waals surface area contributed by atoms with E-state index in [0.717, 1.165) is 11.3 Å². The van der Waals surface area contributed by atoms with Crippen LogP contribution in [0.3, 0.4) is 0 Å². The number of benzene rings is 4. The molecule has 2 amide bonds. The molecule has 0 saturated carbocycles. The van der Waals surface area contributed by atoms with Gasteiger partial charge in [0.15, 0.2) is 0 Å². The number of nitrogens with zero attached hydrogens (tertiary/aromatic N) is 1. The van der Waals surface area contributed by atoms with Crippen LogP contribution in [-0.2, 0) is 19.6 Å². The predicted octanol–water partition coefficient (Wildman–Crippen LogP) is 4.99. The standard InChI is InChI=1S/C32H31N5O4S/c1-22(38)37(20-19-33-2)26-15-13-24(14-16-26)34-31(23-9-5-3-6-10-23)30-28-21-27(17-18-29(28)35-32(30)39)42(40,41)36-25-11-7-4-8-12-25/h3-18,21,33-34,36H,19-20H2,1-2H3,(H,35,39). The van der Waals surface area contributed by atoms with Gasteiger partial charge in [0.1, 0.15) is 0 Å². The van der Waals surface area contributed by atoms with Gasteiger partial charge >= 0.3 is 0 Å². The Morgan fingerprint density at radius 2 is 1.52 bits per heavy atom. The molecule has 4 N–H and O–H groups in total. The third-order valence-electron chi connectivity index (χ3n) is 6.80. The fourth-order valence-corrected chi connectivity index (χ4v) is 5.81. The average molecular weight is 582 g/mol. The van der Waals surface area contributed by atoms with Crippen molar-refractivity contribution in [3.63, 3.8) is 0 Å². The molecule has 1 aliphatic heterocycles. The molecule has 214 valence electrons. The van der Waals surface area contributed by atoms with Crippen molar-refractivity contribution in [3.8, 4) is 0 Å². The summed E-state index contributed by atoms with van der Waals surface area (Å²) >= 11 is 0. The van der Waals surface area contributed by atoms with Crippen LogP contribution in [0, 0.1) is 0 Å². The van der Waals surface area contributed by atoms with E-state index in [1.54, 1.807) is 41.3 Å². The molecule has 9 nitrogen and oxygen atoms in total. The van der Waals surface area contributed by atoms with Crippen LogP contribution in [0.1, 0.15) is 18.1 Å². The molecule has 4 aromatic rings. The van der Waals surface area contributed by atoms with Crippen molar-refractivity contribution in [1.29, 1.82) is 0 Å². The van der Waals surface area contributed by atoms with E-state index in [1.807, 2.05) is 61.6 Å². The van der Waals surface area contributed by atoms with E-state index < -0.39 is 10.0 Å². The number of rotatable bonds is 10. The van der Waals surface area contributed by atoms with E-state index >= 15 is 0 Å². The van der Waals surface area contributed by atoms with E-state index in [2.05, 4.69) is 20.7 Å². The number of hydrogen-bond acceptors (Lipinski definition) is 6. The Morgan fingerprint density at radius 1 is 0.857 bits per heavy atom. The third kappa shape index (κ3) is 6.19. The van der Waals surface area contributed by atoms with Gasteiger partial charge in [0.25, 0.3) is 15.9 Å². The number of fused-ring (bicyclic) bond motifs is 1. The maximum atomic E-state index is 13.4. The molecule has 1 aliphatic rings. The van der Waals surface area contributed by atoms with Gasteiger partial charge in [0.2, 0.25) is 5.91 Å². The summed E-state index contributed by atoms with van der Waals surface area (Å²) in [6, 6.07) is 29.9. The van der Waals surface area contributed by atoms with Crippen LogP contribution in [0.4, 0.5) is 22.7 Å². The van der Waals surface area contributed by atoms with E-state index in [4.69, 9.17) is 0 Å². The molecule has 0 aromatic heterocycles. The minimum Gasteiger partial charge on any atom is -0.354 e. The first-order valence-corrected chi connectivity index (χ1v) is 14.9. The Balaban J connectivity index is 1.55. The van der Waals surface area contributed by atoms with Gasteiger partial charge in [-0.1, -0.05) is 48.5 Å². The van der Waals surface area contributed by atoms with E-state index in [-0.39, 0.29) is 16.7 Å². The zero-order chi connectivity index (χ0) is 29.7. The highest BCUT2D eigenvalue weighted by Crippen LogP contribution is 2.39. The molecular formula is C32H31N5O4S. The van der Waals surface area contributed by atoms with Crippen molar-refractivity contribution < 1.29 is 18.0 Å². The molecule has 0 unspecified atom stereocenters. The van der Waals surface area contributed by atoms with Crippen LogP contribution >= 0.6 is 0 Å². The van der Waals surface area contributed by atoms with Crippen LogP contribution < -0.4 is 25.6 Å². The monoisotopic (exact) mass is 581 g/mol. The minimum atomic E-state index is -3.92. The maximum absolute atomic E-state index is 13.4. The van der Waals surface area contributed by atoms with Crippen LogP contribution in [0.5, 0.6) is 0 Å². The number of carbonyl (C=O) groups excluding carboxylic acids is 2. The number of hydrogen-bond donors (Lipinski definition) is 4. The molecule has 0 fully saturated rings. The van der Waals surface area contributed by atoms with Crippen molar-refractivity contribution in [2.24, 2.45) is 0 Å². The average Bonchev–Trinajstić information content (AvgIpc) is 3.32. The molecule has 4 aromatic carbocycles. The van der Waals surface area contributed by atoms with E-state index in [9.17, 15) is 18.0 Å². The summed E-state index contributed by atoms with van der Waals surface area (Å²) in [5.74, 6) is -0.418. The second kappa shape index (κ2) is 12.3. The largest absolute Gasteiger partial charge is 0.354 e. The lowest BCUT2D eigenvalue weighted by molar-refractivity contribution is -0.116. The number of anilines is 4. The summed E-state index contributed by atoms with van der Waals surface area (Å²) in [5, 5.41) is 9.30. The second-order valence-corrected chi connectivity index (χ2v) is 11.4. The third-order valence-corrected chi connectivity index (χ3v) is 8.18. The number of amides is 2. The first-order chi connectivity index (χ1) is 20.3. The van der Waals surface area contributed by atoms with E-state index in [1.165, 1.54) is 19.1 Å². The molecule has 0 radical (unpaired) electrons. The Hall–Kier alpha value is -4.93. The van der Waals surface area contributed by atoms with Gasteiger partial charge in [-0.2, -0.15) is 0 Å². The van der Waals surface area contributed by atoms with Crippen molar-refractivity contribution in [3.05, 3.63) is 114 Å². The molecule has 1 heterocycles. The molecular weight excluding hydrogens is 550 g/mol. The summed E-state index contributed by atoms with van der Waals surface area (Å²) in [5.41, 5.74) is 4.44. The van der Waals surface area contributed by atoms with Crippen molar-refractivity contribution in [2.45, 2.75) is 11.8 Å². The highest BCUT2D eigenvalue weighted by atomic mass is 32.2. The number of nitrogens with one attached hydrogen (secondary N) is 4. The zero-order valence-corrected chi connectivity index (χ0v) is 24.0. The molecule has 42 heavy (non-hydrogen) atoms. The van der Waals surface area contributed by atoms with Crippen LogP contribution in [0.15, 0.2) is 108 Å². The van der Waals surface area contributed by atoms with Crippen LogP contribution in [0.25, 0.3) is 11.3 Å². The highest BCUT2D eigenvalue weighted by molar-refractivity contribution is 7.92. The van der Waals surface area contributed by atoms with Crippen molar-refractivity contribution >= 4 is 55.9 Å². The van der Waals surface area contributed by atoms with Crippen LogP contribution in [0.2, 0.25) is 0 Å². The molecule has 0 spiro atoms. The normalized spacial score (nSPS) is 13.6. The Kier molecular flexibility index (Phi) is 8.37. The van der Waals surface area contributed by atoms with Gasteiger partial charge in [0, 0.05) is 48.3 Å². The smallest absolute Gasteiger partial charge is 0.261 e. The Bertz CT molecular complexity index is 1740. The summed E-state index contributed by atoms with van der Waals surface area (Å²) in [7, 11) is -2.09. The van der Waals surface area contributed by atoms with Gasteiger partial charge in [-0.25, -0.2) is 8.42 Å². The predicted molar refractivity (Wildman–Crippen MR) is 168 cm³/mol. The first kappa shape index (κ1) is 28.6. The topological polar surface area (TPSA) is 120 Å². The molecule has 10 heteroatoms. The Morgan fingerprint density at radius 3 is 2.17 bits per heavy atom. The molecule has 0 bridgehead atoms. The fourth-order valence-electron chi connectivity index (χ4n) is 4.73. The van der Waals surface area contributed by atoms with Crippen LogP contribution in [-0.4, -0.2) is 40.4 Å². The fraction of sp³-hybridized carbons (Fsp3) is 0.125. The second-order valence-electron chi connectivity index (χ2n) is 9.70. The highest BCUT2D eigenvalue weighted by Gasteiger charge is 2.30. The minimum absolute atomic E-state index is 0.0294. The Labute approximate surface area is 245 Å². The molecule has 0 atom stereocenters. The number of likely N-dealkylation sites (N-methyl/N-ethyl adjacent to an activating group) is 1. The lowest BCUT2D eigenvalue weighted by atomic mass is 10.00. The first-order valence-electron chi connectivity index (χ1n) is 13.4. The van der Waals surface area contributed by atoms with Gasteiger partial charge in [0.05, 0.1) is 16.2 Å². The quantitative estimate of drug-likeness (QED) is 0.196. The SMILES string of the molecule is CNCCN(C(C)=O)c1ccc(NC(=C2C(=O)Nc3ccc(S(=O)(=O)Nc4ccccc4)cc32)c2ccccc2)cc1. The lowest BCUT2D eigenvalue weighted by Crippen LogP contribution is -2.34. The van der Waals surface area contributed by atoms with Gasteiger partial charge in [-0.3, -0.25) is 14.3 Å².